The Balaban J connectivity index is 1.73. The maximum absolute atomic E-state index is 12.7. The van der Waals surface area contributed by atoms with Gasteiger partial charge < -0.3 is 10.6 Å². The molecule has 2 aromatic rings. The van der Waals surface area contributed by atoms with Gasteiger partial charge in [0.25, 0.3) is 5.91 Å². The van der Waals surface area contributed by atoms with Crippen molar-refractivity contribution in [2.75, 3.05) is 6.54 Å². The van der Waals surface area contributed by atoms with E-state index in [4.69, 9.17) is 0 Å². The van der Waals surface area contributed by atoms with E-state index >= 15 is 0 Å². The molecule has 0 radical (unpaired) electrons. The Morgan fingerprint density at radius 1 is 1.13 bits per heavy atom. The van der Waals surface area contributed by atoms with Crippen molar-refractivity contribution in [1.29, 1.82) is 0 Å². The van der Waals surface area contributed by atoms with E-state index in [9.17, 15) is 4.79 Å². The molecule has 0 aromatic heterocycles. The molecule has 1 heterocycles. The van der Waals surface area contributed by atoms with Crippen LogP contribution in [0.15, 0.2) is 54.6 Å². The van der Waals surface area contributed by atoms with E-state index in [0.717, 1.165) is 36.9 Å². The molecule has 3 heteroatoms. The Kier molecular flexibility index (Phi) is 5.09. The van der Waals surface area contributed by atoms with Crippen molar-refractivity contribution in [2.45, 2.75) is 38.3 Å². The van der Waals surface area contributed by atoms with E-state index in [1.54, 1.807) is 0 Å². The fraction of sp³-hybridized carbons (Fsp3) is 0.350. The summed E-state index contributed by atoms with van der Waals surface area (Å²) in [7, 11) is 0. The third-order valence-corrected chi connectivity index (χ3v) is 4.46. The van der Waals surface area contributed by atoms with Gasteiger partial charge in [-0.15, -0.1) is 0 Å². The summed E-state index contributed by atoms with van der Waals surface area (Å²) in [6.45, 7) is 3.14. The van der Waals surface area contributed by atoms with E-state index < -0.39 is 0 Å². The zero-order valence-electron chi connectivity index (χ0n) is 13.6. The van der Waals surface area contributed by atoms with Crippen LogP contribution in [0.4, 0.5) is 0 Å². The third-order valence-electron chi connectivity index (χ3n) is 4.46. The molecule has 23 heavy (non-hydrogen) atoms. The average Bonchev–Trinajstić information content (AvgIpc) is 2.56. The van der Waals surface area contributed by atoms with Gasteiger partial charge in [0.2, 0.25) is 0 Å². The second kappa shape index (κ2) is 7.42. The van der Waals surface area contributed by atoms with Crippen LogP contribution in [0.25, 0.3) is 0 Å². The molecule has 1 saturated heterocycles. The first-order valence-electron chi connectivity index (χ1n) is 8.38. The van der Waals surface area contributed by atoms with Gasteiger partial charge in [0.05, 0.1) is 0 Å². The Hall–Kier alpha value is -2.13. The second-order valence-corrected chi connectivity index (χ2v) is 6.37. The standard InChI is InChI=1S/C20H24N2O/c1-15-13-18(11-12-21-15)22-20(23)19-10-6-5-9-17(19)14-16-7-3-2-4-8-16/h2-10,15,18,21H,11-14H2,1H3,(H,22,23). The van der Waals surface area contributed by atoms with Crippen LogP contribution in [0.3, 0.4) is 0 Å². The first kappa shape index (κ1) is 15.8. The van der Waals surface area contributed by atoms with Gasteiger partial charge in [0.1, 0.15) is 0 Å². The van der Waals surface area contributed by atoms with Crippen molar-refractivity contribution in [2.24, 2.45) is 0 Å². The predicted molar refractivity (Wildman–Crippen MR) is 93.6 cm³/mol. The van der Waals surface area contributed by atoms with Crippen LogP contribution in [-0.2, 0) is 6.42 Å². The number of carbonyl (C=O) groups is 1. The number of amides is 1. The topological polar surface area (TPSA) is 41.1 Å². The molecule has 1 aliphatic heterocycles. The lowest BCUT2D eigenvalue weighted by molar-refractivity contribution is 0.0925. The molecule has 2 aromatic carbocycles. The summed E-state index contributed by atoms with van der Waals surface area (Å²) < 4.78 is 0. The molecular formula is C20H24N2O. The summed E-state index contributed by atoms with van der Waals surface area (Å²) >= 11 is 0. The van der Waals surface area contributed by atoms with Gasteiger partial charge in [-0.3, -0.25) is 4.79 Å². The van der Waals surface area contributed by atoms with Crippen LogP contribution in [0.1, 0.15) is 41.3 Å². The van der Waals surface area contributed by atoms with E-state index in [2.05, 4.69) is 29.7 Å². The summed E-state index contributed by atoms with van der Waals surface area (Å²) in [5.74, 6) is 0.0515. The van der Waals surface area contributed by atoms with E-state index in [-0.39, 0.29) is 11.9 Å². The van der Waals surface area contributed by atoms with Crippen molar-refractivity contribution in [3.63, 3.8) is 0 Å². The number of piperidine rings is 1. The van der Waals surface area contributed by atoms with Gasteiger partial charge in [-0.2, -0.15) is 0 Å². The average molecular weight is 308 g/mol. The number of nitrogens with one attached hydrogen (secondary N) is 2. The normalized spacial score (nSPS) is 20.9. The van der Waals surface area contributed by atoms with Gasteiger partial charge in [-0.05, 0) is 49.9 Å². The smallest absolute Gasteiger partial charge is 0.251 e. The maximum Gasteiger partial charge on any atom is 0.251 e. The molecule has 1 amide bonds. The number of benzene rings is 2. The van der Waals surface area contributed by atoms with Crippen LogP contribution in [-0.4, -0.2) is 24.5 Å². The van der Waals surface area contributed by atoms with Crippen molar-refractivity contribution < 1.29 is 4.79 Å². The van der Waals surface area contributed by atoms with E-state index in [0.29, 0.717) is 6.04 Å². The molecule has 0 spiro atoms. The quantitative estimate of drug-likeness (QED) is 0.911. The van der Waals surface area contributed by atoms with Crippen LogP contribution >= 0.6 is 0 Å². The second-order valence-electron chi connectivity index (χ2n) is 6.37. The molecule has 3 nitrogen and oxygen atoms in total. The molecule has 0 saturated carbocycles. The molecule has 0 bridgehead atoms. The van der Waals surface area contributed by atoms with E-state index in [1.807, 2.05) is 42.5 Å². The summed E-state index contributed by atoms with van der Waals surface area (Å²) in [5.41, 5.74) is 3.10. The molecule has 2 N–H and O–H groups in total. The first-order chi connectivity index (χ1) is 11.2. The molecule has 3 rings (SSSR count). The summed E-state index contributed by atoms with van der Waals surface area (Å²) in [6.07, 6.45) is 2.77. The van der Waals surface area contributed by atoms with Crippen molar-refractivity contribution in [3.8, 4) is 0 Å². The summed E-state index contributed by atoms with van der Waals surface area (Å²) in [4.78, 5) is 12.7. The largest absolute Gasteiger partial charge is 0.349 e. The van der Waals surface area contributed by atoms with Gasteiger partial charge in [-0.1, -0.05) is 48.5 Å². The first-order valence-corrected chi connectivity index (χ1v) is 8.38. The molecule has 2 unspecified atom stereocenters. The fourth-order valence-electron chi connectivity index (χ4n) is 3.24. The Morgan fingerprint density at radius 3 is 2.65 bits per heavy atom. The zero-order valence-corrected chi connectivity index (χ0v) is 13.6. The van der Waals surface area contributed by atoms with Crippen LogP contribution in [0.5, 0.6) is 0 Å². The highest BCUT2D eigenvalue weighted by molar-refractivity contribution is 5.96. The highest BCUT2D eigenvalue weighted by atomic mass is 16.1. The fourth-order valence-corrected chi connectivity index (χ4v) is 3.24. The maximum atomic E-state index is 12.7. The molecule has 2 atom stereocenters. The molecule has 120 valence electrons. The van der Waals surface area contributed by atoms with Gasteiger partial charge in [0.15, 0.2) is 0 Å². The zero-order chi connectivity index (χ0) is 16.1. The summed E-state index contributed by atoms with van der Waals surface area (Å²) in [6, 6.07) is 18.9. The monoisotopic (exact) mass is 308 g/mol. The molecular weight excluding hydrogens is 284 g/mol. The molecule has 1 aliphatic rings. The third kappa shape index (κ3) is 4.20. The lowest BCUT2D eigenvalue weighted by Crippen LogP contribution is -2.46. The van der Waals surface area contributed by atoms with Gasteiger partial charge >= 0.3 is 0 Å². The van der Waals surface area contributed by atoms with E-state index in [1.165, 1.54) is 5.56 Å². The van der Waals surface area contributed by atoms with Crippen molar-refractivity contribution >= 4 is 5.91 Å². The lowest BCUT2D eigenvalue weighted by atomic mass is 9.97. The highest BCUT2D eigenvalue weighted by Gasteiger charge is 2.21. The van der Waals surface area contributed by atoms with Crippen molar-refractivity contribution in [1.82, 2.24) is 10.6 Å². The minimum Gasteiger partial charge on any atom is -0.349 e. The van der Waals surface area contributed by atoms with Gasteiger partial charge in [0, 0.05) is 17.6 Å². The Morgan fingerprint density at radius 2 is 1.87 bits per heavy atom. The molecule has 1 fully saturated rings. The lowest BCUT2D eigenvalue weighted by Gasteiger charge is -2.28. The van der Waals surface area contributed by atoms with Crippen LogP contribution < -0.4 is 10.6 Å². The number of carbonyl (C=O) groups excluding carboxylic acids is 1. The Bertz CT molecular complexity index is 654. The predicted octanol–water partition coefficient (Wildman–Crippen LogP) is 3.15. The van der Waals surface area contributed by atoms with Crippen LogP contribution in [0.2, 0.25) is 0 Å². The van der Waals surface area contributed by atoms with Gasteiger partial charge in [-0.25, -0.2) is 0 Å². The summed E-state index contributed by atoms with van der Waals surface area (Å²) in [5, 5.41) is 6.63. The van der Waals surface area contributed by atoms with Crippen molar-refractivity contribution in [3.05, 3.63) is 71.3 Å². The number of hydrogen-bond donors (Lipinski definition) is 2. The Labute approximate surface area is 138 Å². The number of hydrogen-bond acceptors (Lipinski definition) is 2. The highest BCUT2D eigenvalue weighted by Crippen LogP contribution is 2.16. The van der Waals surface area contributed by atoms with Crippen LogP contribution in [0, 0.1) is 0 Å². The SMILES string of the molecule is CC1CC(NC(=O)c2ccccc2Cc2ccccc2)CCN1. The number of rotatable bonds is 4. The minimum absolute atomic E-state index is 0.0515. The molecule has 0 aliphatic carbocycles. The minimum atomic E-state index is 0.0515.